The first-order valence-corrected chi connectivity index (χ1v) is 4.59. The van der Waals surface area contributed by atoms with Crippen molar-refractivity contribution in [2.24, 2.45) is 0 Å². The highest BCUT2D eigenvalue weighted by molar-refractivity contribution is 7.88. The van der Waals surface area contributed by atoms with E-state index in [1.807, 2.05) is 0 Å². The highest BCUT2D eigenvalue weighted by Gasteiger charge is 2.05. The van der Waals surface area contributed by atoms with Crippen LogP contribution in [0.1, 0.15) is 0 Å². The van der Waals surface area contributed by atoms with Crippen LogP contribution in [0.25, 0.3) is 0 Å². The van der Waals surface area contributed by atoms with Gasteiger partial charge < -0.3 is 0 Å². The third-order valence-corrected chi connectivity index (χ3v) is 2.11. The van der Waals surface area contributed by atoms with Crippen LogP contribution in [-0.2, 0) is 14.5 Å². The maximum Gasteiger partial charge on any atom is 0.359 e. The Labute approximate surface area is 71.4 Å². The molecule has 5 heteroatoms. The molecule has 0 aliphatic heterocycles. The zero-order valence-corrected chi connectivity index (χ0v) is 7.26. The van der Waals surface area contributed by atoms with Crippen LogP contribution in [0, 0.1) is 6.07 Å². The Kier molecular flexibility index (Phi) is 2.67. The topological polar surface area (TPSA) is 55.4 Å². The fourth-order valence-electron chi connectivity index (χ4n) is 0.641. The molecule has 0 aliphatic rings. The van der Waals surface area contributed by atoms with E-state index in [0.29, 0.717) is 5.69 Å². The van der Waals surface area contributed by atoms with Crippen molar-refractivity contribution in [3.8, 4) is 0 Å². The monoisotopic (exact) mass is 186 g/mol. The van der Waals surface area contributed by atoms with Crippen molar-refractivity contribution < 1.29 is 12.6 Å². The van der Waals surface area contributed by atoms with Gasteiger partial charge in [-0.3, -0.25) is 8.91 Å². The summed E-state index contributed by atoms with van der Waals surface area (Å²) >= 11 is 0. The van der Waals surface area contributed by atoms with Crippen molar-refractivity contribution in [3.05, 3.63) is 30.3 Å². The Morgan fingerprint density at radius 3 is 2.50 bits per heavy atom. The van der Waals surface area contributed by atoms with E-state index in [1.165, 1.54) is 0 Å². The van der Waals surface area contributed by atoms with E-state index < -0.39 is 10.3 Å². The molecule has 0 amide bonds. The zero-order valence-electron chi connectivity index (χ0n) is 6.44. The van der Waals surface area contributed by atoms with Crippen LogP contribution in [0.5, 0.6) is 0 Å². The summed E-state index contributed by atoms with van der Waals surface area (Å²) in [4.78, 5) is 0. The van der Waals surface area contributed by atoms with Gasteiger partial charge in [-0.05, 0) is 18.2 Å². The highest BCUT2D eigenvalue weighted by Crippen LogP contribution is 2.07. The molecule has 0 fully saturated rings. The summed E-state index contributed by atoms with van der Waals surface area (Å²) in [7, 11) is -2.54. The third kappa shape index (κ3) is 2.52. The van der Waals surface area contributed by atoms with Crippen LogP contribution in [0.2, 0.25) is 0 Å². The van der Waals surface area contributed by atoms with E-state index in [-0.39, 0.29) is 0 Å². The lowest BCUT2D eigenvalue weighted by Crippen LogP contribution is -2.13. The fourth-order valence-corrected chi connectivity index (χ4v) is 1.15. The smallest absolute Gasteiger partial charge is 0.261 e. The Hall–Kier alpha value is -1.07. The summed E-state index contributed by atoms with van der Waals surface area (Å²) in [6, 6.07) is 9.13. The molecule has 1 aromatic rings. The van der Waals surface area contributed by atoms with Crippen LogP contribution in [0.15, 0.2) is 24.3 Å². The normalized spacial score (nSPS) is 11.1. The molecule has 12 heavy (non-hydrogen) atoms. The number of benzene rings is 1. The Morgan fingerprint density at radius 1 is 1.42 bits per heavy atom. The van der Waals surface area contributed by atoms with E-state index in [4.69, 9.17) is 0 Å². The highest BCUT2D eigenvalue weighted by atomic mass is 32.2. The van der Waals surface area contributed by atoms with Crippen molar-refractivity contribution in [2.45, 2.75) is 0 Å². The van der Waals surface area contributed by atoms with Crippen LogP contribution >= 0.6 is 0 Å². The molecule has 1 aromatic carbocycles. The van der Waals surface area contributed by atoms with Crippen molar-refractivity contribution in [3.63, 3.8) is 0 Å². The van der Waals surface area contributed by atoms with Gasteiger partial charge in [0.1, 0.15) is 0 Å². The molecule has 1 N–H and O–H groups in total. The molecule has 0 aromatic heterocycles. The van der Waals surface area contributed by atoms with Crippen molar-refractivity contribution in [2.75, 3.05) is 11.8 Å². The van der Waals surface area contributed by atoms with E-state index in [0.717, 1.165) is 7.11 Å². The van der Waals surface area contributed by atoms with E-state index in [2.05, 4.69) is 15.0 Å². The van der Waals surface area contributed by atoms with Crippen molar-refractivity contribution in [1.82, 2.24) is 0 Å². The predicted octanol–water partition coefficient (Wildman–Crippen LogP) is 0.790. The lowest BCUT2D eigenvalue weighted by atomic mass is 10.3. The van der Waals surface area contributed by atoms with Gasteiger partial charge in [-0.2, -0.15) is 8.42 Å². The van der Waals surface area contributed by atoms with Crippen LogP contribution in [-0.4, -0.2) is 15.5 Å². The van der Waals surface area contributed by atoms with Gasteiger partial charge >= 0.3 is 10.3 Å². The second-order valence-electron chi connectivity index (χ2n) is 2.01. The SMILES string of the molecule is COS(=O)(=O)Nc1cc[c]cc1. The lowest BCUT2D eigenvalue weighted by Gasteiger charge is -2.03. The minimum Gasteiger partial charge on any atom is -0.261 e. The average molecular weight is 186 g/mol. The molecule has 0 saturated carbocycles. The Balaban J connectivity index is 2.78. The van der Waals surface area contributed by atoms with E-state index in [9.17, 15) is 8.42 Å². The molecule has 4 nitrogen and oxygen atoms in total. The molecule has 0 spiro atoms. The van der Waals surface area contributed by atoms with Gasteiger partial charge in [0.15, 0.2) is 0 Å². The van der Waals surface area contributed by atoms with Gasteiger partial charge in [-0.1, -0.05) is 12.1 Å². The summed E-state index contributed by atoms with van der Waals surface area (Å²) in [5.74, 6) is 0. The molecule has 0 aliphatic carbocycles. The average Bonchev–Trinajstić information content (AvgIpc) is 2.06. The summed E-state index contributed by atoms with van der Waals surface area (Å²) in [6.07, 6.45) is 0. The number of hydrogen-bond acceptors (Lipinski definition) is 3. The molecule has 0 heterocycles. The van der Waals surface area contributed by atoms with Crippen molar-refractivity contribution in [1.29, 1.82) is 0 Å². The number of anilines is 1. The summed E-state index contributed by atoms with van der Waals surface area (Å²) < 4.78 is 28.0. The zero-order chi connectivity index (χ0) is 9.03. The minimum atomic E-state index is -3.64. The fraction of sp³-hybridized carbons (Fsp3) is 0.143. The Bertz CT molecular complexity index is 333. The van der Waals surface area contributed by atoms with Gasteiger partial charge in [0.2, 0.25) is 0 Å². The molecule has 0 bridgehead atoms. The summed E-state index contributed by atoms with van der Waals surface area (Å²) in [6.45, 7) is 0. The maximum absolute atomic E-state index is 10.8. The molecule has 65 valence electrons. The molecule has 0 atom stereocenters. The number of hydrogen-bond donors (Lipinski definition) is 1. The molecule has 0 unspecified atom stereocenters. The molecule has 0 saturated heterocycles. The van der Waals surface area contributed by atoms with Gasteiger partial charge in [0, 0.05) is 0 Å². The van der Waals surface area contributed by atoms with Gasteiger partial charge in [-0.25, -0.2) is 0 Å². The van der Waals surface area contributed by atoms with E-state index in [1.54, 1.807) is 24.3 Å². The first kappa shape index (κ1) is 9.02. The summed E-state index contributed by atoms with van der Waals surface area (Å²) in [5, 5.41) is 0. The standard InChI is InChI=1S/C7H8NO3S/c1-11-12(9,10)8-7-5-3-2-4-6-7/h3-6,8H,1H3. The molecular weight excluding hydrogens is 178 g/mol. The third-order valence-electron chi connectivity index (χ3n) is 1.18. The van der Waals surface area contributed by atoms with E-state index >= 15 is 0 Å². The van der Waals surface area contributed by atoms with Crippen LogP contribution in [0.3, 0.4) is 0 Å². The van der Waals surface area contributed by atoms with Crippen molar-refractivity contribution >= 4 is 16.0 Å². The second-order valence-corrected chi connectivity index (χ2v) is 3.46. The number of rotatable bonds is 3. The predicted molar refractivity (Wildman–Crippen MR) is 44.8 cm³/mol. The lowest BCUT2D eigenvalue weighted by molar-refractivity contribution is 0.402. The minimum absolute atomic E-state index is 0.454. The Morgan fingerprint density at radius 2 is 2.00 bits per heavy atom. The largest absolute Gasteiger partial charge is 0.359 e. The first-order chi connectivity index (χ1) is 5.64. The van der Waals surface area contributed by atoms with Gasteiger partial charge in [-0.15, -0.1) is 0 Å². The number of nitrogens with one attached hydrogen (secondary N) is 1. The maximum atomic E-state index is 10.8. The summed E-state index contributed by atoms with van der Waals surface area (Å²) in [5.41, 5.74) is 0.454. The van der Waals surface area contributed by atoms with Gasteiger partial charge in [0.25, 0.3) is 0 Å². The second kappa shape index (κ2) is 3.55. The molecule has 1 radical (unpaired) electrons. The van der Waals surface area contributed by atoms with Crippen LogP contribution in [0.4, 0.5) is 5.69 Å². The van der Waals surface area contributed by atoms with Crippen LogP contribution < -0.4 is 4.72 Å². The van der Waals surface area contributed by atoms with Gasteiger partial charge in [0.05, 0.1) is 12.8 Å². The molecule has 1 rings (SSSR count). The molecular formula is C7H8NO3S. The quantitative estimate of drug-likeness (QED) is 0.759. The first-order valence-electron chi connectivity index (χ1n) is 3.18.